The number of anilines is 1. The summed E-state index contributed by atoms with van der Waals surface area (Å²) < 4.78 is 29.6. The lowest BCUT2D eigenvalue weighted by Crippen LogP contribution is -2.12. The average Bonchev–Trinajstić information content (AvgIpc) is 3.27. The predicted molar refractivity (Wildman–Crippen MR) is 149 cm³/mol. The number of hydrogen-bond donors (Lipinski definition) is 2. The van der Waals surface area contributed by atoms with Gasteiger partial charge in [-0.3, -0.25) is 4.72 Å². The molecule has 0 aliphatic heterocycles. The van der Waals surface area contributed by atoms with Gasteiger partial charge >= 0.3 is 0 Å². The molecule has 2 aromatic heterocycles. The van der Waals surface area contributed by atoms with Crippen LogP contribution in [0.1, 0.15) is 0 Å². The van der Waals surface area contributed by atoms with Crippen LogP contribution in [0.15, 0.2) is 119 Å². The maximum Gasteiger partial charge on any atom is 0.261 e. The Kier molecular flexibility index (Phi) is 5.59. The number of nitrogens with zero attached hydrogens (tertiary/aromatic N) is 1. The fraction of sp³-hybridized carbons (Fsp3) is 0. The molecule has 2 heterocycles. The van der Waals surface area contributed by atoms with Crippen molar-refractivity contribution in [2.75, 3.05) is 4.72 Å². The summed E-state index contributed by atoms with van der Waals surface area (Å²) in [6.45, 7) is 0. The van der Waals surface area contributed by atoms with Gasteiger partial charge in [-0.05, 0) is 53.6 Å². The third-order valence-electron chi connectivity index (χ3n) is 6.14. The predicted octanol–water partition coefficient (Wildman–Crippen LogP) is 7.61. The SMILES string of the molecule is O=S(=O)(Nc1ccc2[nH]c3ncc(-c4ccc(Br)cc4)c(-c4ccccc4)c3c2c1)c1ccccc1. The molecular weight excluding hydrogens is 534 g/mol. The Bertz CT molecular complexity index is 1820. The molecule has 0 amide bonds. The van der Waals surface area contributed by atoms with Crippen molar-refractivity contribution in [2.45, 2.75) is 4.90 Å². The largest absolute Gasteiger partial charge is 0.339 e. The van der Waals surface area contributed by atoms with Gasteiger partial charge in [0.05, 0.1) is 4.90 Å². The molecule has 4 aromatic carbocycles. The molecule has 0 fully saturated rings. The standard InChI is InChI=1S/C29H20BrN3O2S/c30-21-13-11-19(12-14-21)25-18-31-29-28(27(25)20-7-3-1-4-8-20)24-17-22(15-16-26(24)32-29)33-36(34,35)23-9-5-2-6-10-23/h1-18,33H,(H,31,32). The Labute approximate surface area is 217 Å². The molecule has 0 unspecified atom stereocenters. The van der Waals surface area contributed by atoms with Crippen LogP contribution in [0.2, 0.25) is 0 Å². The highest BCUT2D eigenvalue weighted by Crippen LogP contribution is 2.41. The molecule has 0 aliphatic carbocycles. The minimum atomic E-state index is -3.72. The van der Waals surface area contributed by atoms with Crippen molar-refractivity contribution in [1.82, 2.24) is 9.97 Å². The molecule has 0 saturated heterocycles. The number of halogens is 1. The molecule has 6 rings (SSSR count). The first-order chi connectivity index (χ1) is 17.5. The lowest BCUT2D eigenvalue weighted by atomic mass is 9.93. The Balaban J connectivity index is 1.58. The average molecular weight is 554 g/mol. The lowest BCUT2D eigenvalue weighted by molar-refractivity contribution is 0.601. The van der Waals surface area contributed by atoms with Gasteiger partial charge in [0.2, 0.25) is 0 Å². The maximum atomic E-state index is 13.0. The molecule has 5 nitrogen and oxygen atoms in total. The topological polar surface area (TPSA) is 74.8 Å². The van der Waals surface area contributed by atoms with E-state index < -0.39 is 10.0 Å². The fourth-order valence-electron chi connectivity index (χ4n) is 4.49. The van der Waals surface area contributed by atoms with Crippen LogP contribution in [-0.2, 0) is 10.0 Å². The lowest BCUT2D eigenvalue weighted by Gasteiger charge is -2.13. The summed E-state index contributed by atoms with van der Waals surface area (Å²) in [6, 6.07) is 32.2. The van der Waals surface area contributed by atoms with Crippen molar-refractivity contribution in [3.05, 3.63) is 114 Å². The van der Waals surface area contributed by atoms with E-state index in [-0.39, 0.29) is 4.90 Å². The van der Waals surface area contributed by atoms with Crippen LogP contribution in [0, 0.1) is 0 Å². The van der Waals surface area contributed by atoms with Crippen LogP contribution < -0.4 is 4.72 Å². The van der Waals surface area contributed by atoms with Crippen LogP contribution in [0.4, 0.5) is 5.69 Å². The van der Waals surface area contributed by atoms with Crippen LogP contribution >= 0.6 is 15.9 Å². The van der Waals surface area contributed by atoms with Gasteiger partial charge in [-0.2, -0.15) is 0 Å². The van der Waals surface area contributed by atoms with Gasteiger partial charge in [-0.1, -0.05) is 76.6 Å². The number of nitrogens with one attached hydrogen (secondary N) is 2. The molecule has 0 spiro atoms. The molecule has 2 N–H and O–H groups in total. The summed E-state index contributed by atoms with van der Waals surface area (Å²) in [7, 11) is -3.72. The number of H-pyrrole nitrogens is 1. The van der Waals surface area contributed by atoms with E-state index in [1.807, 2.05) is 48.7 Å². The molecule has 7 heteroatoms. The first-order valence-electron chi connectivity index (χ1n) is 11.3. The Morgan fingerprint density at radius 3 is 2.19 bits per heavy atom. The summed E-state index contributed by atoms with van der Waals surface area (Å²) in [4.78, 5) is 8.37. The van der Waals surface area contributed by atoms with E-state index in [0.717, 1.165) is 48.7 Å². The Morgan fingerprint density at radius 1 is 0.778 bits per heavy atom. The van der Waals surface area contributed by atoms with Gasteiger partial charge in [0.25, 0.3) is 10.0 Å². The van der Waals surface area contributed by atoms with E-state index in [4.69, 9.17) is 4.98 Å². The second kappa shape index (κ2) is 8.93. The van der Waals surface area contributed by atoms with E-state index in [0.29, 0.717) is 5.69 Å². The highest BCUT2D eigenvalue weighted by atomic mass is 79.9. The van der Waals surface area contributed by atoms with E-state index >= 15 is 0 Å². The first-order valence-corrected chi connectivity index (χ1v) is 13.6. The van der Waals surface area contributed by atoms with E-state index in [2.05, 4.69) is 49.9 Å². The normalized spacial score (nSPS) is 11.7. The smallest absolute Gasteiger partial charge is 0.261 e. The number of pyridine rings is 1. The maximum absolute atomic E-state index is 13.0. The Hall–Kier alpha value is -3.94. The molecule has 176 valence electrons. The van der Waals surface area contributed by atoms with Crippen LogP contribution in [-0.4, -0.2) is 18.4 Å². The molecular formula is C29H20BrN3O2S. The van der Waals surface area contributed by atoms with Gasteiger partial charge in [-0.15, -0.1) is 0 Å². The summed E-state index contributed by atoms with van der Waals surface area (Å²) in [6.07, 6.45) is 1.89. The zero-order valence-electron chi connectivity index (χ0n) is 18.9. The zero-order valence-corrected chi connectivity index (χ0v) is 21.3. The number of benzene rings is 4. The van der Waals surface area contributed by atoms with Crippen molar-refractivity contribution in [1.29, 1.82) is 0 Å². The number of hydrogen-bond acceptors (Lipinski definition) is 3. The van der Waals surface area contributed by atoms with Crippen molar-refractivity contribution in [3.63, 3.8) is 0 Å². The summed E-state index contributed by atoms with van der Waals surface area (Å²) in [5, 5.41) is 1.83. The van der Waals surface area contributed by atoms with E-state index in [1.165, 1.54) is 0 Å². The van der Waals surface area contributed by atoms with Gasteiger partial charge in [-0.25, -0.2) is 13.4 Å². The summed E-state index contributed by atoms with van der Waals surface area (Å²) >= 11 is 3.52. The van der Waals surface area contributed by atoms with Crippen LogP contribution in [0.3, 0.4) is 0 Å². The van der Waals surface area contributed by atoms with E-state index in [1.54, 1.807) is 36.4 Å². The molecule has 0 saturated carbocycles. The number of aromatic nitrogens is 2. The monoisotopic (exact) mass is 553 g/mol. The van der Waals surface area contributed by atoms with Crippen LogP contribution in [0.5, 0.6) is 0 Å². The zero-order chi connectivity index (χ0) is 24.7. The van der Waals surface area contributed by atoms with Crippen LogP contribution in [0.25, 0.3) is 44.2 Å². The van der Waals surface area contributed by atoms with Crippen molar-refractivity contribution < 1.29 is 8.42 Å². The first kappa shape index (κ1) is 22.5. The van der Waals surface area contributed by atoms with E-state index in [9.17, 15) is 8.42 Å². The highest BCUT2D eigenvalue weighted by Gasteiger charge is 2.19. The molecule has 0 bridgehead atoms. The third-order valence-corrected chi connectivity index (χ3v) is 8.07. The molecule has 36 heavy (non-hydrogen) atoms. The van der Waals surface area contributed by atoms with Crippen molar-refractivity contribution in [3.8, 4) is 22.3 Å². The summed E-state index contributed by atoms with van der Waals surface area (Å²) in [5.74, 6) is 0. The Morgan fingerprint density at radius 2 is 1.47 bits per heavy atom. The number of sulfonamides is 1. The molecule has 0 radical (unpaired) electrons. The fourth-order valence-corrected chi connectivity index (χ4v) is 5.82. The van der Waals surface area contributed by atoms with Gasteiger partial charge in [0, 0.05) is 43.8 Å². The number of rotatable bonds is 5. The molecule has 6 aromatic rings. The van der Waals surface area contributed by atoms with Gasteiger partial charge in [0.15, 0.2) is 0 Å². The van der Waals surface area contributed by atoms with Gasteiger partial charge in [0.1, 0.15) is 5.65 Å². The summed E-state index contributed by atoms with van der Waals surface area (Å²) in [5.41, 5.74) is 6.24. The number of fused-ring (bicyclic) bond motifs is 3. The second-order valence-corrected chi connectivity index (χ2v) is 11.0. The molecule has 0 aliphatic rings. The molecule has 0 atom stereocenters. The minimum absolute atomic E-state index is 0.216. The van der Waals surface area contributed by atoms with Crippen molar-refractivity contribution >= 4 is 53.6 Å². The second-order valence-electron chi connectivity index (χ2n) is 8.45. The number of aromatic amines is 1. The van der Waals surface area contributed by atoms with Gasteiger partial charge < -0.3 is 4.98 Å². The minimum Gasteiger partial charge on any atom is -0.339 e. The third kappa shape index (κ3) is 4.06. The highest BCUT2D eigenvalue weighted by molar-refractivity contribution is 9.10. The quantitative estimate of drug-likeness (QED) is 0.230. The van der Waals surface area contributed by atoms with Crippen molar-refractivity contribution in [2.24, 2.45) is 0 Å².